The normalized spacial score (nSPS) is 16.2. The summed E-state index contributed by atoms with van der Waals surface area (Å²) in [6.07, 6.45) is 3.35. The number of benzene rings is 2. The third-order valence-electron chi connectivity index (χ3n) is 6.51. The Balaban J connectivity index is 1.29. The van der Waals surface area contributed by atoms with Gasteiger partial charge in [-0.1, -0.05) is 29.3 Å². The number of carbonyl (C=O) groups excluding carboxylic acids is 1. The van der Waals surface area contributed by atoms with Crippen LogP contribution in [-0.2, 0) is 0 Å². The molecule has 1 amide bonds. The highest BCUT2D eigenvalue weighted by atomic mass is 35.5. The number of rotatable bonds is 5. The lowest BCUT2D eigenvalue weighted by Crippen LogP contribution is -2.42. The summed E-state index contributed by atoms with van der Waals surface area (Å²) in [6.45, 7) is 1.50. The molecule has 3 aromatic rings. The van der Waals surface area contributed by atoms with E-state index in [9.17, 15) is 9.18 Å². The fourth-order valence-corrected chi connectivity index (χ4v) is 5.12. The fourth-order valence-electron chi connectivity index (χ4n) is 4.52. The van der Waals surface area contributed by atoms with E-state index in [1.54, 1.807) is 30.3 Å². The Morgan fingerprint density at radius 2 is 1.86 bits per heavy atom. The monoisotopic (exact) mass is 530 g/mol. The van der Waals surface area contributed by atoms with E-state index in [0.717, 1.165) is 25.9 Å². The molecule has 1 fully saturated rings. The summed E-state index contributed by atoms with van der Waals surface area (Å²) in [5, 5.41) is 3.65. The molecular weight excluding hydrogens is 506 g/mol. The predicted octanol–water partition coefficient (Wildman–Crippen LogP) is 5.19. The molecule has 0 saturated carbocycles. The lowest BCUT2D eigenvalue weighted by atomic mass is 10.0. The Morgan fingerprint density at radius 1 is 1.14 bits per heavy atom. The molecule has 3 heterocycles. The first kappa shape index (κ1) is 24.5. The van der Waals surface area contributed by atoms with Crippen molar-refractivity contribution in [3.8, 4) is 5.88 Å². The number of ether oxygens (including phenoxy) is 1. The number of piperidine rings is 1. The number of anilines is 4. The number of aromatic nitrogens is 2. The van der Waals surface area contributed by atoms with Crippen LogP contribution in [0.4, 0.5) is 27.4 Å². The van der Waals surface area contributed by atoms with Crippen LogP contribution < -0.4 is 19.9 Å². The fraction of sp³-hybridized carbons (Fsp3) is 0.320. The van der Waals surface area contributed by atoms with Crippen molar-refractivity contribution in [2.75, 3.05) is 49.0 Å². The van der Waals surface area contributed by atoms with Crippen LogP contribution in [0.5, 0.6) is 5.88 Å². The zero-order valence-corrected chi connectivity index (χ0v) is 21.4. The van der Waals surface area contributed by atoms with Crippen LogP contribution in [-0.4, -0.2) is 60.7 Å². The Morgan fingerprint density at radius 3 is 2.53 bits per heavy atom. The summed E-state index contributed by atoms with van der Waals surface area (Å²) < 4.78 is 20.7. The zero-order valence-electron chi connectivity index (χ0n) is 19.8. The average molecular weight is 531 g/mol. The molecule has 188 valence electrons. The predicted molar refractivity (Wildman–Crippen MR) is 139 cm³/mol. The van der Waals surface area contributed by atoms with Crippen LogP contribution in [0.3, 0.4) is 0 Å². The van der Waals surface area contributed by atoms with E-state index in [0.29, 0.717) is 33.1 Å². The maximum absolute atomic E-state index is 15.0. The third-order valence-corrected chi connectivity index (χ3v) is 7.12. The number of hydrogen-bond acceptors (Lipinski definition) is 7. The highest BCUT2D eigenvalue weighted by molar-refractivity contribution is 6.40. The Kier molecular flexibility index (Phi) is 6.87. The lowest BCUT2D eigenvalue weighted by molar-refractivity contribution is 0.0932. The van der Waals surface area contributed by atoms with Crippen LogP contribution in [0.1, 0.15) is 23.2 Å². The molecule has 5 rings (SSSR count). The van der Waals surface area contributed by atoms with Crippen molar-refractivity contribution in [3.63, 3.8) is 0 Å². The number of nitrogens with one attached hydrogen (secondary N) is 1. The van der Waals surface area contributed by atoms with Gasteiger partial charge in [-0.05, 0) is 57.3 Å². The summed E-state index contributed by atoms with van der Waals surface area (Å²) >= 11 is 12.5. The van der Waals surface area contributed by atoms with Crippen LogP contribution in [0.15, 0.2) is 42.6 Å². The minimum absolute atomic E-state index is 0.112. The standard InChI is InChI=1S/C25H25Cl2FN6O2/c1-32(2)16-8-10-33(11-9-16)21-7-6-15(12-20(21)28)30-25-29-13-17-23(31-25)36-14-34(24(17)35)22-18(26)4-3-5-19(22)27/h3-7,12-13,16H,8-11,14H2,1-2H3,(H,29,30,31). The minimum Gasteiger partial charge on any atom is -0.455 e. The van der Waals surface area contributed by atoms with Crippen LogP contribution in [0, 0.1) is 5.82 Å². The summed E-state index contributed by atoms with van der Waals surface area (Å²) in [7, 11) is 4.16. The van der Waals surface area contributed by atoms with Gasteiger partial charge in [0.15, 0.2) is 6.73 Å². The molecule has 0 bridgehead atoms. The highest BCUT2D eigenvalue weighted by Crippen LogP contribution is 2.37. The zero-order chi connectivity index (χ0) is 25.4. The molecular formula is C25H25Cl2FN6O2. The maximum Gasteiger partial charge on any atom is 0.268 e. The number of hydrogen-bond donors (Lipinski definition) is 1. The van der Waals surface area contributed by atoms with Crippen molar-refractivity contribution < 1.29 is 13.9 Å². The summed E-state index contributed by atoms with van der Waals surface area (Å²) in [5.74, 6) is -0.395. The van der Waals surface area contributed by atoms with Crippen molar-refractivity contribution in [2.24, 2.45) is 0 Å². The van der Waals surface area contributed by atoms with Gasteiger partial charge < -0.3 is 19.9 Å². The highest BCUT2D eigenvalue weighted by Gasteiger charge is 2.31. The number of nitrogens with zero attached hydrogens (tertiary/aromatic N) is 5. The summed E-state index contributed by atoms with van der Waals surface area (Å²) in [5.41, 5.74) is 1.60. The maximum atomic E-state index is 15.0. The number of para-hydroxylation sites is 1. The van der Waals surface area contributed by atoms with Crippen molar-refractivity contribution in [2.45, 2.75) is 18.9 Å². The molecule has 0 aliphatic carbocycles. The SMILES string of the molecule is CN(C)C1CCN(c2ccc(Nc3ncc4c(n3)OCN(c3c(Cl)cccc3Cl)C4=O)cc2F)CC1. The lowest BCUT2D eigenvalue weighted by Gasteiger charge is -2.36. The van der Waals surface area contributed by atoms with Gasteiger partial charge >= 0.3 is 0 Å². The number of halogens is 3. The summed E-state index contributed by atoms with van der Waals surface area (Å²) in [6, 6.07) is 10.5. The van der Waals surface area contributed by atoms with Gasteiger partial charge in [0.2, 0.25) is 11.8 Å². The Bertz CT molecular complexity index is 1280. The van der Waals surface area contributed by atoms with Gasteiger partial charge in [0.1, 0.15) is 11.4 Å². The number of fused-ring (bicyclic) bond motifs is 1. The van der Waals surface area contributed by atoms with Gasteiger partial charge in [-0.15, -0.1) is 0 Å². The molecule has 0 unspecified atom stereocenters. The summed E-state index contributed by atoms with van der Waals surface area (Å²) in [4.78, 5) is 27.2. The molecule has 8 nitrogen and oxygen atoms in total. The molecule has 0 radical (unpaired) electrons. The van der Waals surface area contributed by atoms with Gasteiger partial charge in [-0.25, -0.2) is 9.37 Å². The van der Waals surface area contributed by atoms with E-state index in [1.165, 1.54) is 17.2 Å². The van der Waals surface area contributed by atoms with Crippen molar-refractivity contribution >= 4 is 52.1 Å². The first-order valence-electron chi connectivity index (χ1n) is 11.6. The molecule has 2 aromatic carbocycles. The molecule has 0 atom stereocenters. The molecule has 36 heavy (non-hydrogen) atoms. The van der Waals surface area contributed by atoms with Gasteiger partial charge in [0.25, 0.3) is 5.91 Å². The van der Waals surface area contributed by atoms with E-state index in [-0.39, 0.29) is 35.8 Å². The second kappa shape index (κ2) is 10.1. The topological polar surface area (TPSA) is 73.8 Å². The van der Waals surface area contributed by atoms with E-state index in [1.807, 2.05) is 0 Å². The smallest absolute Gasteiger partial charge is 0.268 e. The van der Waals surface area contributed by atoms with Crippen molar-refractivity contribution in [1.29, 1.82) is 0 Å². The molecule has 1 aromatic heterocycles. The van der Waals surface area contributed by atoms with Crippen LogP contribution in [0.2, 0.25) is 10.0 Å². The second-order valence-corrected chi connectivity index (χ2v) is 9.78. The third kappa shape index (κ3) is 4.78. The Labute approximate surface area is 218 Å². The molecule has 1 saturated heterocycles. The van der Waals surface area contributed by atoms with Crippen molar-refractivity contribution in [1.82, 2.24) is 14.9 Å². The van der Waals surface area contributed by atoms with Crippen LogP contribution >= 0.6 is 23.2 Å². The number of amides is 1. The van der Waals surface area contributed by atoms with Gasteiger partial charge in [0.05, 0.1) is 21.4 Å². The Hall–Kier alpha value is -3.14. The second-order valence-electron chi connectivity index (χ2n) is 8.96. The molecule has 2 aliphatic rings. The van der Waals surface area contributed by atoms with E-state index < -0.39 is 0 Å². The first-order valence-corrected chi connectivity index (χ1v) is 12.3. The van der Waals surface area contributed by atoms with Gasteiger partial charge in [0, 0.05) is 31.0 Å². The van der Waals surface area contributed by atoms with Crippen LogP contribution in [0.25, 0.3) is 0 Å². The van der Waals surface area contributed by atoms with E-state index in [2.05, 4.69) is 39.2 Å². The van der Waals surface area contributed by atoms with Gasteiger partial charge in [-0.2, -0.15) is 4.98 Å². The van der Waals surface area contributed by atoms with E-state index >= 15 is 0 Å². The van der Waals surface area contributed by atoms with Crippen molar-refractivity contribution in [3.05, 3.63) is 64.0 Å². The van der Waals surface area contributed by atoms with E-state index in [4.69, 9.17) is 27.9 Å². The molecule has 0 spiro atoms. The quantitative estimate of drug-likeness (QED) is 0.486. The molecule has 2 aliphatic heterocycles. The first-order chi connectivity index (χ1) is 17.3. The minimum atomic E-state index is -0.383. The average Bonchev–Trinajstić information content (AvgIpc) is 2.85. The number of carbonyl (C=O) groups is 1. The molecule has 11 heteroatoms. The molecule has 1 N–H and O–H groups in total. The van der Waals surface area contributed by atoms with Gasteiger partial charge in [-0.3, -0.25) is 9.69 Å². The largest absolute Gasteiger partial charge is 0.455 e.